The number of hydrogen-bond acceptors (Lipinski definition) is 7. The number of morpholine rings is 1. The molecule has 2 aromatic rings. The van der Waals surface area contributed by atoms with Gasteiger partial charge < -0.3 is 30.3 Å². The number of anilines is 1. The summed E-state index contributed by atoms with van der Waals surface area (Å²) in [6.07, 6.45) is 4.72. The van der Waals surface area contributed by atoms with Crippen molar-refractivity contribution in [1.29, 1.82) is 0 Å². The van der Waals surface area contributed by atoms with E-state index in [-0.39, 0.29) is 17.0 Å². The van der Waals surface area contributed by atoms with Crippen molar-refractivity contribution in [3.63, 3.8) is 0 Å². The fourth-order valence-corrected chi connectivity index (χ4v) is 5.08. The molecule has 1 amide bonds. The quantitative estimate of drug-likeness (QED) is 0.479. The van der Waals surface area contributed by atoms with Gasteiger partial charge in [-0.2, -0.15) is 0 Å². The minimum atomic E-state index is -0.224. The number of halogens is 1. The van der Waals surface area contributed by atoms with E-state index >= 15 is 0 Å². The van der Waals surface area contributed by atoms with E-state index in [9.17, 15) is 4.79 Å². The Kier molecular flexibility index (Phi) is 8.79. The fourth-order valence-electron chi connectivity index (χ4n) is 4.56. The van der Waals surface area contributed by atoms with Crippen molar-refractivity contribution < 1.29 is 14.3 Å². The van der Waals surface area contributed by atoms with Gasteiger partial charge in [-0.3, -0.25) is 9.78 Å². The summed E-state index contributed by atoms with van der Waals surface area (Å²) in [6.45, 7) is 5.83. The van der Waals surface area contributed by atoms with Gasteiger partial charge in [0.1, 0.15) is 23.4 Å². The monoisotopic (exact) mass is 529 g/mol. The van der Waals surface area contributed by atoms with Crippen LogP contribution in [0.5, 0.6) is 5.75 Å². The van der Waals surface area contributed by atoms with Gasteiger partial charge >= 0.3 is 0 Å². The molecule has 0 saturated carbocycles. The summed E-state index contributed by atoms with van der Waals surface area (Å²) in [5, 5.41) is 4.03. The molecule has 1 unspecified atom stereocenters. The van der Waals surface area contributed by atoms with E-state index in [0.717, 1.165) is 35.6 Å². The van der Waals surface area contributed by atoms with Crippen LogP contribution in [0.1, 0.15) is 24.5 Å². The Morgan fingerprint density at radius 2 is 2.19 bits per heavy atom. The van der Waals surface area contributed by atoms with Crippen LogP contribution in [0.4, 0.5) is 5.69 Å². The van der Waals surface area contributed by atoms with E-state index < -0.39 is 0 Å². The van der Waals surface area contributed by atoms with Crippen molar-refractivity contribution in [3.8, 4) is 5.75 Å². The summed E-state index contributed by atoms with van der Waals surface area (Å²) in [5.41, 5.74) is 9.73. The lowest BCUT2D eigenvalue weighted by Crippen LogP contribution is -2.43. The maximum atomic E-state index is 13.5. The first-order chi connectivity index (χ1) is 17.4. The Balaban J connectivity index is 1.49. The van der Waals surface area contributed by atoms with Gasteiger partial charge in [-0.25, -0.2) is 0 Å². The van der Waals surface area contributed by atoms with Gasteiger partial charge in [0.05, 0.1) is 18.4 Å². The molecule has 36 heavy (non-hydrogen) atoms. The van der Waals surface area contributed by atoms with Crippen molar-refractivity contribution in [3.05, 3.63) is 64.1 Å². The van der Waals surface area contributed by atoms with Crippen LogP contribution in [0.15, 0.2) is 47.9 Å². The summed E-state index contributed by atoms with van der Waals surface area (Å²) in [7, 11) is 2.07. The van der Waals surface area contributed by atoms with Gasteiger partial charge in [0, 0.05) is 60.8 Å². The second kappa shape index (κ2) is 12.0. The topological polar surface area (TPSA) is 92.9 Å². The molecular formula is C26H32ClN5O3S. The van der Waals surface area contributed by atoms with Crippen LogP contribution < -0.4 is 20.7 Å². The first-order valence-electron chi connectivity index (χ1n) is 12.1. The molecule has 10 heteroatoms. The number of hydrogen-bond donors (Lipinski definition) is 2. The smallest absolute Gasteiger partial charge is 0.263 e. The van der Waals surface area contributed by atoms with Gasteiger partial charge in [-0.05, 0) is 37.2 Å². The van der Waals surface area contributed by atoms with Crippen LogP contribution in [-0.2, 0) is 22.5 Å². The molecule has 1 fully saturated rings. The number of likely N-dealkylation sites (N-methyl/N-ethyl adjacent to an activating group) is 1. The third-order valence-corrected chi connectivity index (χ3v) is 7.02. The Morgan fingerprint density at radius 1 is 1.36 bits per heavy atom. The molecule has 0 bridgehead atoms. The van der Waals surface area contributed by atoms with E-state index in [1.54, 1.807) is 17.3 Å². The highest BCUT2D eigenvalue weighted by Gasteiger charge is 2.31. The van der Waals surface area contributed by atoms with Crippen LogP contribution in [-0.4, -0.2) is 66.8 Å². The standard InChI is InChI=1S/C26H32ClN5O3S/c1-3-19-20(27)5-4-6-22(19)32-10-8-21(24(25(28)36)26(32)33)30-13-17-7-9-29-14-23(17)35-16-18-15-31(2)11-12-34-18/h4-7,9,14,18,30H,3,8,10-13,15-16H2,1-2H3,(H2,28,36). The molecule has 8 nitrogen and oxygen atoms in total. The van der Waals surface area contributed by atoms with E-state index in [2.05, 4.69) is 22.2 Å². The zero-order valence-electron chi connectivity index (χ0n) is 20.6. The number of aromatic nitrogens is 1. The number of nitrogens with zero attached hydrogens (tertiary/aromatic N) is 3. The fraction of sp³-hybridized carbons (Fsp3) is 0.423. The number of ether oxygens (including phenoxy) is 2. The minimum Gasteiger partial charge on any atom is -0.489 e. The molecule has 4 rings (SSSR count). The largest absolute Gasteiger partial charge is 0.489 e. The Bertz CT molecular complexity index is 1160. The van der Waals surface area contributed by atoms with Crippen molar-refractivity contribution in [2.45, 2.75) is 32.4 Å². The lowest BCUT2D eigenvalue weighted by Gasteiger charge is -2.32. The van der Waals surface area contributed by atoms with Gasteiger partial charge in [0.25, 0.3) is 5.91 Å². The highest BCUT2D eigenvalue weighted by Crippen LogP contribution is 2.32. The maximum absolute atomic E-state index is 13.5. The van der Waals surface area contributed by atoms with Crippen LogP contribution in [0.3, 0.4) is 0 Å². The molecule has 1 aromatic heterocycles. The number of thiocarbonyl (C=S) groups is 1. The minimum absolute atomic E-state index is 0.00939. The predicted molar refractivity (Wildman–Crippen MR) is 145 cm³/mol. The SMILES string of the molecule is CCc1c(Cl)cccc1N1CCC(NCc2ccncc2OCC2CN(C)CCO2)=C(C(N)=S)C1=O. The molecule has 0 aliphatic carbocycles. The van der Waals surface area contributed by atoms with Crippen LogP contribution in [0.25, 0.3) is 0 Å². The summed E-state index contributed by atoms with van der Waals surface area (Å²) < 4.78 is 11.9. The number of nitrogens with two attached hydrogens (primary N) is 1. The molecule has 3 N–H and O–H groups in total. The molecule has 1 aromatic carbocycles. The number of nitrogens with one attached hydrogen (secondary N) is 1. The lowest BCUT2D eigenvalue weighted by atomic mass is 10.0. The van der Waals surface area contributed by atoms with E-state index in [1.807, 2.05) is 31.2 Å². The number of rotatable bonds is 9. The van der Waals surface area contributed by atoms with Gasteiger partial charge in [-0.1, -0.05) is 36.8 Å². The average Bonchev–Trinajstić information content (AvgIpc) is 2.86. The predicted octanol–water partition coefficient (Wildman–Crippen LogP) is 3.07. The molecule has 3 heterocycles. The molecule has 0 spiro atoms. The summed E-state index contributed by atoms with van der Waals surface area (Å²) >= 11 is 11.7. The molecule has 0 radical (unpaired) electrons. The maximum Gasteiger partial charge on any atom is 0.263 e. The lowest BCUT2D eigenvalue weighted by molar-refractivity contribution is -0.115. The summed E-state index contributed by atoms with van der Waals surface area (Å²) in [4.78, 5) is 21.7. The van der Waals surface area contributed by atoms with Crippen molar-refractivity contribution in [2.24, 2.45) is 5.73 Å². The van der Waals surface area contributed by atoms with Crippen LogP contribution in [0, 0.1) is 0 Å². The zero-order chi connectivity index (χ0) is 25.7. The highest BCUT2D eigenvalue weighted by molar-refractivity contribution is 7.80. The number of carbonyl (C=O) groups is 1. The molecule has 2 aliphatic heterocycles. The Morgan fingerprint density at radius 3 is 2.94 bits per heavy atom. The van der Waals surface area contributed by atoms with Crippen LogP contribution >= 0.6 is 23.8 Å². The van der Waals surface area contributed by atoms with Crippen molar-refractivity contribution in [1.82, 2.24) is 15.2 Å². The number of pyridine rings is 1. The molecule has 1 saturated heterocycles. The molecule has 2 aliphatic rings. The second-order valence-corrected chi connectivity index (χ2v) is 9.77. The van der Waals surface area contributed by atoms with E-state index in [4.69, 9.17) is 39.0 Å². The Labute approximate surface area is 222 Å². The average molecular weight is 530 g/mol. The zero-order valence-corrected chi connectivity index (χ0v) is 22.2. The Hall–Kier alpha value is -2.72. The molecule has 192 valence electrons. The van der Waals surface area contributed by atoms with Crippen molar-refractivity contribution >= 4 is 40.4 Å². The van der Waals surface area contributed by atoms with Gasteiger partial charge in [-0.15, -0.1) is 0 Å². The molecular weight excluding hydrogens is 498 g/mol. The van der Waals surface area contributed by atoms with Gasteiger partial charge in [0.2, 0.25) is 0 Å². The molecule has 1 atom stereocenters. The first kappa shape index (κ1) is 26.3. The van der Waals surface area contributed by atoms with Crippen molar-refractivity contribution in [2.75, 3.05) is 44.8 Å². The summed E-state index contributed by atoms with van der Waals surface area (Å²) in [5.74, 6) is 0.451. The van der Waals surface area contributed by atoms with Crippen LogP contribution in [0.2, 0.25) is 5.02 Å². The van der Waals surface area contributed by atoms with E-state index in [1.165, 1.54) is 0 Å². The normalized spacial score (nSPS) is 18.9. The number of benzene rings is 1. The third kappa shape index (κ3) is 5.98. The highest BCUT2D eigenvalue weighted by atomic mass is 35.5. The van der Waals surface area contributed by atoms with E-state index in [0.29, 0.717) is 55.5 Å². The third-order valence-electron chi connectivity index (χ3n) is 6.46. The van der Waals surface area contributed by atoms with Gasteiger partial charge in [0.15, 0.2) is 0 Å². The first-order valence-corrected chi connectivity index (χ1v) is 12.9. The second-order valence-electron chi connectivity index (χ2n) is 8.92. The number of amides is 1. The summed E-state index contributed by atoms with van der Waals surface area (Å²) in [6, 6.07) is 7.49. The number of carbonyl (C=O) groups excluding carboxylic acids is 1.